The number of carbonyl (C=O) groups is 1. The summed E-state index contributed by atoms with van der Waals surface area (Å²) in [6.45, 7) is 7.59. The van der Waals surface area contributed by atoms with Crippen LogP contribution in [0.15, 0.2) is 6.07 Å². The molecule has 4 heterocycles. The van der Waals surface area contributed by atoms with Gasteiger partial charge in [-0.1, -0.05) is 6.92 Å². The number of hydrogen-bond acceptors (Lipinski definition) is 7. The van der Waals surface area contributed by atoms with Crippen LogP contribution < -0.4 is 9.80 Å². The average molecular weight is 361 g/mol. The highest BCUT2D eigenvalue weighted by molar-refractivity contribution is 5.80. The molecule has 0 N–H and O–H groups in total. The Labute approximate surface area is 154 Å². The number of likely N-dealkylation sites (N-methyl/N-ethyl adjacent to an activating group) is 1. The molecule has 142 valence electrons. The first-order valence-corrected chi connectivity index (χ1v) is 9.45. The van der Waals surface area contributed by atoms with Gasteiger partial charge < -0.3 is 24.2 Å². The number of ether oxygens (including phenoxy) is 2. The Kier molecular flexibility index (Phi) is 4.95. The molecule has 1 amide bonds. The Hall–Kier alpha value is -1.93. The maximum atomic E-state index is 12.6. The molecule has 0 saturated carbocycles. The first kappa shape index (κ1) is 17.5. The predicted octanol–water partition coefficient (Wildman–Crippen LogP) is 0.169. The van der Waals surface area contributed by atoms with Gasteiger partial charge >= 0.3 is 0 Å². The normalized spacial score (nSPS) is 26.8. The minimum atomic E-state index is -0.139. The van der Waals surface area contributed by atoms with Crippen LogP contribution in [-0.4, -0.2) is 86.5 Å². The van der Waals surface area contributed by atoms with E-state index in [-0.39, 0.29) is 17.9 Å². The Morgan fingerprint density at radius 2 is 1.92 bits per heavy atom. The van der Waals surface area contributed by atoms with Gasteiger partial charge in [-0.05, 0) is 6.42 Å². The minimum absolute atomic E-state index is 0.0573. The highest BCUT2D eigenvalue weighted by Gasteiger charge is 2.37. The first-order chi connectivity index (χ1) is 12.7. The molecule has 3 saturated heterocycles. The van der Waals surface area contributed by atoms with E-state index in [0.29, 0.717) is 33.0 Å². The van der Waals surface area contributed by atoms with Crippen molar-refractivity contribution in [3.63, 3.8) is 0 Å². The maximum absolute atomic E-state index is 12.6. The van der Waals surface area contributed by atoms with E-state index in [2.05, 4.69) is 22.8 Å². The van der Waals surface area contributed by atoms with Crippen LogP contribution in [0.5, 0.6) is 0 Å². The minimum Gasteiger partial charge on any atom is -0.378 e. The fraction of sp³-hybridized carbons (Fsp3) is 0.722. The lowest BCUT2D eigenvalue weighted by atomic mass is 10.1. The van der Waals surface area contributed by atoms with Crippen molar-refractivity contribution >= 4 is 17.7 Å². The molecule has 0 spiro atoms. The van der Waals surface area contributed by atoms with Crippen LogP contribution in [0.1, 0.15) is 12.6 Å². The third kappa shape index (κ3) is 3.35. The molecule has 2 atom stereocenters. The van der Waals surface area contributed by atoms with Crippen LogP contribution in [0.25, 0.3) is 0 Å². The number of amides is 1. The van der Waals surface area contributed by atoms with E-state index in [1.165, 1.54) is 0 Å². The summed E-state index contributed by atoms with van der Waals surface area (Å²) in [7, 11) is 1.88. The second-order valence-electron chi connectivity index (χ2n) is 7.21. The van der Waals surface area contributed by atoms with Crippen LogP contribution in [0, 0.1) is 5.92 Å². The van der Waals surface area contributed by atoms with Gasteiger partial charge in [-0.15, -0.1) is 0 Å². The van der Waals surface area contributed by atoms with Crippen molar-refractivity contribution < 1.29 is 14.3 Å². The molecule has 3 aliphatic rings. The van der Waals surface area contributed by atoms with E-state index in [1.54, 1.807) is 0 Å². The number of hydrogen-bond donors (Lipinski definition) is 0. The maximum Gasteiger partial charge on any atom is 0.229 e. The van der Waals surface area contributed by atoms with Crippen LogP contribution in [0.3, 0.4) is 0 Å². The van der Waals surface area contributed by atoms with Crippen molar-refractivity contribution in [1.82, 2.24) is 14.9 Å². The molecule has 1 aromatic heterocycles. The lowest BCUT2D eigenvalue weighted by Gasteiger charge is -2.32. The van der Waals surface area contributed by atoms with Crippen LogP contribution in [0.4, 0.5) is 11.8 Å². The van der Waals surface area contributed by atoms with E-state index in [9.17, 15) is 4.79 Å². The van der Waals surface area contributed by atoms with Gasteiger partial charge in [0.25, 0.3) is 0 Å². The standard InChI is InChI=1S/C18H27N5O3/c1-3-14-8-16(20-18(19-14)22-4-6-25-7-5-22)23-9-13-11-26-12-15(10-23)21(2)17(13)24/h8,13,15H,3-7,9-12H2,1-2H3/t13-,15+/m1/s1. The Morgan fingerprint density at radius 3 is 2.69 bits per heavy atom. The summed E-state index contributed by atoms with van der Waals surface area (Å²) in [4.78, 5) is 28.5. The zero-order valence-corrected chi connectivity index (χ0v) is 15.6. The molecule has 4 rings (SSSR count). The van der Waals surface area contributed by atoms with Crippen molar-refractivity contribution in [3.8, 4) is 0 Å². The molecule has 0 unspecified atom stereocenters. The number of aromatic nitrogens is 2. The van der Waals surface area contributed by atoms with Crippen molar-refractivity contribution in [2.45, 2.75) is 19.4 Å². The molecule has 3 fully saturated rings. The lowest BCUT2D eigenvalue weighted by Crippen LogP contribution is -2.43. The Balaban J connectivity index is 1.65. The van der Waals surface area contributed by atoms with E-state index < -0.39 is 0 Å². The van der Waals surface area contributed by atoms with Gasteiger partial charge in [-0.25, -0.2) is 4.98 Å². The molecular formula is C18H27N5O3. The zero-order chi connectivity index (χ0) is 18.1. The smallest absolute Gasteiger partial charge is 0.229 e. The molecule has 1 aromatic rings. The molecule has 8 heteroatoms. The summed E-state index contributed by atoms with van der Waals surface area (Å²) in [6.07, 6.45) is 0.857. The number of fused-ring (bicyclic) bond motifs is 3. The van der Waals surface area contributed by atoms with Gasteiger partial charge in [-0.2, -0.15) is 4.98 Å². The predicted molar refractivity (Wildman–Crippen MR) is 97.5 cm³/mol. The fourth-order valence-electron chi connectivity index (χ4n) is 3.80. The van der Waals surface area contributed by atoms with E-state index >= 15 is 0 Å². The van der Waals surface area contributed by atoms with Gasteiger partial charge in [0.05, 0.1) is 38.4 Å². The van der Waals surface area contributed by atoms with Crippen LogP contribution in [0.2, 0.25) is 0 Å². The van der Waals surface area contributed by atoms with Crippen molar-refractivity contribution in [1.29, 1.82) is 0 Å². The molecule has 2 bridgehead atoms. The van der Waals surface area contributed by atoms with Gasteiger partial charge in [0.1, 0.15) is 5.82 Å². The highest BCUT2D eigenvalue weighted by Crippen LogP contribution is 2.25. The van der Waals surface area contributed by atoms with Gasteiger partial charge in [-0.3, -0.25) is 4.79 Å². The topological polar surface area (TPSA) is 71.0 Å². The van der Waals surface area contributed by atoms with E-state index in [0.717, 1.165) is 43.5 Å². The fourth-order valence-corrected chi connectivity index (χ4v) is 3.80. The number of rotatable bonds is 3. The van der Waals surface area contributed by atoms with Crippen molar-refractivity contribution in [3.05, 3.63) is 11.8 Å². The van der Waals surface area contributed by atoms with Gasteiger partial charge in [0.2, 0.25) is 11.9 Å². The summed E-state index contributed by atoms with van der Waals surface area (Å²) in [5, 5.41) is 0. The summed E-state index contributed by atoms with van der Waals surface area (Å²) in [5.74, 6) is 1.72. The SMILES string of the molecule is CCc1cc(N2C[C@@H]3COC[C@H](C2)N(C)C3=O)nc(N2CCOCC2)n1. The second-order valence-corrected chi connectivity index (χ2v) is 7.21. The van der Waals surface area contributed by atoms with E-state index in [1.807, 2.05) is 11.9 Å². The molecule has 3 aliphatic heterocycles. The van der Waals surface area contributed by atoms with Crippen LogP contribution in [-0.2, 0) is 20.7 Å². The van der Waals surface area contributed by atoms with Gasteiger partial charge in [0, 0.05) is 45.0 Å². The number of anilines is 2. The van der Waals surface area contributed by atoms with E-state index in [4.69, 9.17) is 19.4 Å². The number of aryl methyl sites for hydroxylation is 1. The average Bonchev–Trinajstić information content (AvgIpc) is 2.87. The molecule has 0 radical (unpaired) electrons. The lowest BCUT2D eigenvalue weighted by molar-refractivity contribution is -0.133. The van der Waals surface area contributed by atoms with Crippen molar-refractivity contribution in [2.24, 2.45) is 5.92 Å². The largest absolute Gasteiger partial charge is 0.378 e. The first-order valence-electron chi connectivity index (χ1n) is 9.45. The quantitative estimate of drug-likeness (QED) is 0.760. The summed E-state index contributed by atoms with van der Waals surface area (Å²) < 4.78 is 11.2. The van der Waals surface area contributed by atoms with Gasteiger partial charge in [0.15, 0.2) is 0 Å². The zero-order valence-electron chi connectivity index (χ0n) is 15.6. The summed E-state index contributed by atoms with van der Waals surface area (Å²) >= 11 is 0. The number of morpholine rings is 1. The monoisotopic (exact) mass is 361 g/mol. The van der Waals surface area contributed by atoms with Crippen molar-refractivity contribution in [2.75, 3.05) is 69.5 Å². The Morgan fingerprint density at radius 1 is 1.12 bits per heavy atom. The second kappa shape index (κ2) is 7.36. The van der Waals surface area contributed by atoms with Crippen LogP contribution >= 0.6 is 0 Å². The molecule has 26 heavy (non-hydrogen) atoms. The molecular weight excluding hydrogens is 334 g/mol. The third-order valence-corrected chi connectivity index (χ3v) is 5.48. The summed E-state index contributed by atoms with van der Waals surface area (Å²) in [5.41, 5.74) is 1.03. The molecule has 0 aromatic carbocycles. The summed E-state index contributed by atoms with van der Waals surface area (Å²) in [6, 6.07) is 2.12. The number of carbonyl (C=O) groups excluding carboxylic acids is 1. The highest BCUT2D eigenvalue weighted by atomic mass is 16.5. The molecule has 0 aliphatic carbocycles. The number of nitrogens with zero attached hydrogens (tertiary/aromatic N) is 5. The Bertz CT molecular complexity index is 664. The molecule has 8 nitrogen and oxygen atoms in total. The third-order valence-electron chi connectivity index (χ3n) is 5.48.